The number of carbonyl (C=O) groups is 1. The largest absolute Gasteiger partial charge is 0.465 e. The second kappa shape index (κ2) is 7.48. The molecule has 0 spiro atoms. The third-order valence-corrected chi connectivity index (χ3v) is 5.60. The van der Waals surface area contributed by atoms with Crippen molar-refractivity contribution in [1.29, 1.82) is 0 Å². The van der Waals surface area contributed by atoms with Crippen molar-refractivity contribution < 1.29 is 9.53 Å². The molecule has 0 saturated heterocycles. The molecule has 0 amide bonds. The number of rotatable bonds is 9. The van der Waals surface area contributed by atoms with E-state index in [0.29, 0.717) is 12.6 Å². The summed E-state index contributed by atoms with van der Waals surface area (Å²) in [4.78, 5) is 12.2. The monoisotopic (exact) mass is 313 g/mol. The summed E-state index contributed by atoms with van der Waals surface area (Å²) in [6.07, 6.45) is 4.20. The van der Waals surface area contributed by atoms with Gasteiger partial charge in [-0.15, -0.1) is 23.1 Å². The smallest absolute Gasteiger partial charge is 0.326 e. The van der Waals surface area contributed by atoms with Crippen molar-refractivity contribution in [1.82, 2.24) is 5.32 Å². The lowest BCUT2D eigenvalue weighted by Gasteiger charge is -2.28. The average molecular weight is 313 g/mol. The normalized spacial score (nSPS) is 17.7. The third-order valence-electron chi connectivity index (χ3n) is 3.39. The molecule has 112 valence electrons. The molecule has 0 aliphatic heterocycles. The minimum atomic E-state index is -0.521. The molecule has 1 aliphatic carbocycles. The van der Waals surface area contributed by atoms with Gasteiger partial charge in [-0.1, -0.05) is 6.07 Å². The van der Waals surface area contributed by atoms with Crippen molar-refractivity contribution in [2.24, 2.45) is 0 Å². The van der Waals surface area contributed by atoms with Crippen molar-refractivity contribution in [3.05, 3.63) is 17.5 Å². The van der Waals surface area contributed by atoms with E-state index in [2.05, 4.69) is 22.8 Å². The highest BCUT2D eigenvalue weighted by Gasteiger charge is 2.39. The Bertz CT molecular complexity index is 418. The molecule has 1 unspecified atom stereocenters. The molecular formula is C15H23NO2S2. The van der Waals surface area contributed by atoms with E-state index in [0.717, 1.165) is 18.6 Å². The van der Waals surface area contributed by atoms with Crippen LogP contribution in [0.25, 0.3) is 0 Å². The number of esters is 1. The van der Waals surface area contributed by atoms with E-state index in [-0.39, 0.29) is 5.97 Å². The van der Waals surface area contributed by atoms with Crippen LogP contribution < -0.4 is 5.32 Å². The number of hydrogen-bond donors (Lipinski definition) is 1. The van der Waals surface area contributed by atoms with Gasteiger partial charge in [0.1, 0.15) is 5.54 Å². The van der Waals surface area contributed by atoms with Crippen LogP contribution >= 0.6 is 23.1 Å². The average Bonchev–Trinajstić information content (AvgIpc) is 3.07. The Morgan fingerprint density at radius 1 is 1.60 bits per heavy atom. The lowest BCUT2D eigenvalue weighted by molar-refractivity contribution is -0.151. The van der Waals surface area contributed by atoms with Crippen LogP contribution in [-0.2, 0) is 9.53 Å². The van der Waals surface area contributed by atoms with Gasteiger partial charge < -0.3 is 4.74 Å². The number of nitrogens with one attached hydrogen (secondary N) is 1. The zero-order valence-corrected chi connectivity index (χ0v) is 13.8. The maximum absolute atomic E-state index is 12.2. The highest BCUT2D eigenvalue weighted by Crippen LogP contribution is 2.28. The van der Waals surface area contributed by atoms with Gasteiger partial charge in [0.2, 0.25) is 0 Å². The predicted molar refractivity (Wildman–Crippen MR) is 85.5 cm³/mol. The first-order valence-corrected chi connectivity index (χ1v) is 9.12. The van der Waals surface area contributed by atoms with E-state index in [4.69, 9.17) is 4.74 Å². The van der Waals surface area contributed by atoms with Gasteiger partial charge in [0.25, 0.3) is 0 Å². The van der Waals surface area contributed by atoms with E-state index >= 15 is 0 Å². The molecule has 0 bridgehead atoms. The fourth-order valence-electron chi connectivity index (χ4n) is 2.15. The Labute approximate surface area is 129 Å². The van der Waals surface area contributed by atoms with Crippen LogP contribution in [0.4, 0.5) is 0 Å². The zero-order chi connectivity index (χ0) is 14.4. The molecule has 3 nitrogen and oxygen atoms in total. The quantitative estimate of drug-likeness (QED) is 0.429. The molecule has 1 N–H and O–H groups in total. The summed E-state index contributed by atoms with van der Waals surface area (Å²) in [5.41, 5.74) is -0.521. The molecule has 1 fully saturated rings. The molecule has 5 heteroatoms. The molecule has 1 aliphatic rings. The van der Waals surface area contributed by atoms with Gasteiger partial charge in [0, 0.05) is 6.04 Å². The Kier molecular flexibility index (Phi) is 5.93. The molecule has 0 radical (unpaired) electrons. The fraction of sp³-hybridized carbons (Fsp3) is 0.667. The van der Waals surface area contributed by atoms with Crippen LogP contribution in [-0.4, -0.2) is 29.9 Å². The molecule has 1 aromatic rings. The fourth-order valence-corrected chi connectivity index (χ4v) is 3.95. The van der Waals surface area contributed by atoms with Gasteiger partial charge in [-0.2, -0.15) is 0 Å². The van der Waals surface area contributed by atoms with Gasteiger partial charge >= 0.3 is 5.97 Å². The Morgan fingerprint density at radius 2 is 2.40 bits per heavy atom. The van der Waals surface area contributed by atoms with Gasteiger partial charge in [-0.3, -0.25) is 10.1 Å². The first-order chi connectivity index (χ1) is 9.64. The number of thioether (sulfide) groups is 1. The summed E-state index contributed by atoms with van der Waals surface area (Å²) >= 11 is 3.64. The minimum absolute atomic E-state index is 0.104. The summed E-state index contributed by atoms with van der Waals surface area (Å²) in [5.74, 6) is 0.940. The molecule has 1 aromatic heterocycles. The molecular weight excluding hydrogens is 290 g/mol. The topological polar surface area (TPSA) is 38.3 Å². The maximum Gasteiger partial charge on any atom is 0.326 e. The second-order valence-corrected chi connectivity index (χ2v) is 7.70. The van der Waals surface area contributed by atoms with Gasteiger partial charge in [-0.25, -0.2) is 0 Å². The third kappa shape index (κ3) is 4.79. The van der Waals surface area contributed by atoms with E-state index in [9.17, 15) is 4.79 Å². The summed E-state index contributed by atoms with van der Waals surface area (Å²) in [7, 11) is 0. The molecule has 20 heavy (non-hydrogen) atoms. The van der Waals surface area contributed by atoms with Crippen molar-refractivity contribution in [2.75, 3.05) is 12.4 Å². The zero-order valence-electron chi connectivity index (χ0n) is 12.2. The van der Waals surface area contributed by atoms with Crippen molar-refractivity contribution in [3.63, 3.8) is 0 Å². The Morgan fingerprint density at radius 3 is 3.00 bits per heavy atom. The molecule has 1 atom stereocenters. The van der Waals surface area contributed by atoms with Crippen LogP contribution in [0.3, 0.4) is 0 Å². The van der Waals surface area contributed by atoms with Gasteiger partial charge in [-0.05, 0) is 56.7 Å². The molecule has 2 rings (SSSR count). The standard InChI is InChI=1S/C15H23NO2S2/c1-3-18-14(17)15(2,16-12-7-8-12)9-5-11-20-13-6-4-10-19-13/h4,6,10,12,16H,3,5,7-9,11H2,1-2H3. The SMILES string of the molecule is CCOC(=O)C(C)(CCCSc1cccs1)NC1CC1. The summed E-state index contributed by atoms with van der Waals surface area (Å²) in [6.45, 7) is 4.30. The first kappa shape index (κ1) is 15.9. The van der Waals surface area contributed by atoms with Crippen molar-refractivity contribution >= 4 is 29.1 Å². The summed E-state index contributed by atoms with van der Waals surface area (Å²) in [5, 5.41) is 5.56. The minimum Gasteiger partial charge on any atom is -0.465 e. The number of hydrogen-bond acceptors (Lipinski definition) is 5. The predicted octanol–water partition coefficient (Wildman–Crippen LogP) is 3.69. The molecule has 1 heterocycles. The number of carbonyl (C=O) groups excluding carboxylic acids is 1. The van der Waals surface area contributed by atoms with Crippen LogP contribution in [0, 0.1) is 0 Å². The van der Waals surface area contributed by atoms with Gasteiger partial charge in [0.15, 0.2) is 0 Å². The molecule has 0 aromatic carbocycles. The highest BCUT2D eigenvalue weighted by atomic mass is 32.2. The van der Waals surface area contributed by atoms with Crippen LogP contribution in [0.5, 0.6) is 0 Å². The van der Waals surface area contributed by atoms with Crippen LogP contribution in [0.15, 0.2) is 21.7 Å². The van der Waals surface area contributed by atoms with Crippen molar-refractivity contribution in [2.45, 2.75) is 55.3 Å². The summed E-state index contributed by atoms with van der Waals surface area (Å²) < 4.78 is 6.58. The second-order valence-electron chi connectivity index (χ2n) is 5.36. The Balaban J connectivity index is 1.78. The van der Waals surface area contributed by atoms with Gasteiger partial charge in [0.05, 0.1) is 10.8 Å². The highest BCUT2D eigenvalue weighted by molar-refractivity contribution is 8.01. The van der Waals surface area contributed by atoms with E-state index < -0.39 is 5.54 Å². The van der Waals surface area contributed by atoms with E-state index in [1.165, 1.54) is 17.1 Å². The van der Waals surface area contributed by atoms with E-state index in [1.54, 1.807) is 11.3 Å². The van der Waals surface area contributed by atoms with E-state index in [1.807, 2.05) is 25.6 Å². The van der Waals surface area contributed by atoms with Crippen LogP contribution in [0.2, 0.25) is 0 Å². The molecule has 1 saturated carbocycles. The number of ether oxygens (including phenoxy) is 1. The first-order valence-electron chi connectivity index (χ1n) is 7.25. The maximum atomic E-state index is 12.2. The van der Waals surface area contributed by atoms with Crippen LogP contribution in [0.1, 0.15) is 39.5 Å². The Hall–Kier alpha value is -0.520. The van der Waals surface area contributed by atoms with Crippen molar-refractivity contribution in [3.8, 4) is 0 Å². The summed E-state index contributed by atoms with van der Waals surface area (Å²) in [6, 6.07) is 4.72. The number of thiophene rings is 1. The lowest BCUT2D eigenvalue weighted by Crippen LogP contribution is -2.51. The lowest BCUT2D eigenvalue weighted by atomic mass is 9.96.